The maximum atomic E-state index is 12.4. The Morgan fingerprint density at radius 2 is 1.54 bits per heavy atom. The Hall–Kier alpha value is -3.22. The molecule has 0 aromatic heterocycles. The topological polar surface area (TPSA) is 83.5 Å². The Bertz CT molecular complexity index is 1070. The Morgan fingerprint density at radius 1 is 0.893 bits per heavy atom. The number of carbonyl (C=O) groups excluding carboxylic acids is 1. The third kappa shape index (κ3) is 5.16. The number of phenols is 1. The zero-order valence-electron chi connectivity index (χ0n) is 14.9. The summed E-state index contributed by atoms with van der Waals surface area (Å²) in [6, 6.07) is 21.5. The van der Waals surface area contributed by atoms with E-state index < -0.39 is 10.0 Å². The number of allylic oxidation sites excluding steroid dienone is 1. The molecular formula is C22H19NO4S. The first-order valence-electron chi connectivity index (χ1n) is 8.59. The second-order valence-corrected chi connectivity index (χ2v) is 7.89. The minimum atomic E-state index is -3.66. The van der Waals surface area contributed by atoms with Gasteiger partial charge in [0.2, 0.25) is 10.0 Å². The van der Waals surface area contributed by atoms with E-state index in [9.17, 15) is 18.3 Å². The zero-order chi connectivity index (χ0) is 20.0. The Balaban J connectivity index is 1.66. The molecule has 3 aromatic rings. The number of benzene rings is 3. The maximum Gasteiger partial charge on any atom is 0.240 e. The normalized spacial score (nSPS) is 11.6. The summed E-state index contributed by atoms with van der Waals surface area (Å²) in [5.74, 6) is -0.0876. The molecule has 0 fully saturated rings. The lowest BCUT2D eigenvalue weighted by molar-refractivity contribution is 0.104. The minimum absolute atomic E-state index is 0.0995. The summed E-state index contributed by atoms with van der Waals surface area (Å²) in [7, 11) is -3.66. The van der Waals surface area contributed by atoms with E-state index in [4.69, 9.17) is 0 Å². The van der Waals surface area contributed by atoms with E-state index in [1.165, 1.54) is 42.5 Å². The molecule has 5 nitrogen and oxygen atoms in total. The zero-order valence-corrected chi connectivity index (χ0v) is 15.8. The highest BCUT2D eigenvalue weighted by Gasteiger charge is 2.14. The van der Waals surface area contributed by atoms with Gasteiger partial charge in [0.05, 0.1) is 4.90 Å². The maximum absolute atomic E-state index is 12.4. The van der Waals surface area contributed by atoms with E-state index in [-0.39, 0.29) is 23.0 Å². The van der Waals surface area contributed by atoms with E-state index >= 15 is 0 Å². The fourth-order valence-electron chi connectivity index (χ4n) is 2.51. The van der Waals surface area contributed by atoms with Crippen LogP contribution < -0.4 is 4.72 Å². The molecule has 2 N–H and O–H groups in total. The smallest absolute Gasteiger partial charge is 0.240 e. The first-order chi connectivity index (χ1) is 13.4. The molecule has 0 aliphatic heterocycles. The van der Waals surface area contributed by atoms with Gasteiger partial charge >= 0.3 is 0 Å². The van der Waals surface area contributed by atoms with Gasteiger partial charge in [-0.2, -0.15) is 0 Å². The molecule has 142 valence electrons. The van der Waals surface area contributed by atoms with Crippen molar-refractivity contribution >= 4 is 21.9 Å². The van der Waals surface area contributed by atoms with Gasteiger partial charge in [-0.05, 0) is 53.6 Å². The highest BCUT2D eigenvalue weighted by atomic mass is 32.2. The highest BCUT2D eigenvalue weighted by molar-refractivity contribution is 7.89. The lowest BCUT2D eigenvalue weighted by atomic mass is 10.1. The number of sulfonamides is 1. The molecule has 0 aliphatic carbocycles. The summed E-state index contributed by atoms with van der Waals surface area (Å²) in [4.78, 5) is 12.4. The van der Waals surface area contributed by atoms with Crippen LogP contribution in [-0.4, -0.2) is 19.3 Å². The molecular weight excluding hydrogens is 374 g/mol. The van der Waals surface area contributed by atoms with Crippen LogP contribution >= 0.6 is 0 Å². The van der Waals surface area contributed by atoms with Crippen LogP contribution in [0.4, 0.5) is 0 Å². The molecule has 0 atom stereocenters. The van der Waals surface area contributed by atoms with Gasteiger partial charge < -0.3 is 5.11 Å². The number of hydrogen-bond donors (Lipinski definition) is 2. The van der Waals surface area contributed by atoms with Gasteiger partial charge in [-0.3, -0.25) is 4.79 Å². The molecule has 3 rings (SSSR count). The van der Waals surface area contributed by atoms with Gasteiger partial charge in [-0.15, -0.1) is 0 Å². The predicted octanol–water partition coefficient (Wildman–Crippen LogP) is 3.77. The third-order valence-electron chi connectivity index (χ3n) is 4.08. The molecule has 28 heavy (non-hydrogen) atoms. The number of phenolic OH excluding ortho intramolecular Hbond substituents is 1. The van der Waals surface area contributed by atoms with Crippen LogP contribution in [0, 0.1) is 0 Å². The Labute approximate surface area is 164 Å². The lowest BCUT2D eigenvalue weighted by Gasteiger charge is -2.07. The highest BCUT2D eigenvalue weighted by Crippen LogP contribution is 2.14. The summed E-state index contributed by atoms with van der Waals surface area (Å²) >= 11 is 0. The molecule has 0 saturated carbocycles. The van der Waals surface area contributed by atoms with E-state index in [1.54, 1.807) is 18.2 Å². The van der Waals surface area contributed by atoms with E-state index in [0.29, 0.717) is 5.56 Å². The third-order valence-corrected chi connectivity index (χ3v) is 5.50. The van der Waals surface area contributed by atoms with Crippen molar-refractivity contribution in [2.45, 2.75) is 11.4 Å². The molecule has 0 unspecified atom stereocenters. The number of carbonyl (C=O) groups is 1. The second-order valence-electron chi connectivity index (χ2n) is 6.12. The van der Waals surface area contributed by atoms with Crippen molar-refractivity contribution in [1.82, 2.24) is 4.72 Å². The lowest BCUT2D eigenvalue weighted by Crippen LogP contribution is -2.23. The van der Waals surface area contributed by atoms with E-state index in [2.05, 4.69) is 4.72 Å². The molecule has 0 aliphatic rings. The van der Waals surface area contributed by atoms with Crippen LogP contribution in [0.15, 0.2) is 89.8 Å². The SMILES string of the molecule is O=C(/C=C/c1ccc(O)cc1)c1ccc(S(=O)(=O)NCc2ccccc2)cc1. The molecule has 0 bridgehead atoms. The number of hydrogen-bond acceptors (Lipinski definition) is 4. The molecule has 0 spiro atoms. The number of rotatable bonds is 7. The molecule has 6 heteroatoms. The Morgan fingerprint density at radius 3 is 2.18 bits per heavy atom. The minimum Gasteiger partial charge on any atom is -0.508 e. The van der Waals surface area contributed by atoms with Gasteiger partial charge in [0.25, 0.3) is 0 Å². The number of aromatic hydroxyl groups is 1. The first-order valence-corrected chi connectivity index (χ1v) is 10.1. The van der Waals surface area contributed by atoms with Crippen LogP contribution in [0.3, 0.4) is 0 Å². The van der Waals surface area contributed by atoms with Crippen molar-refractivity contribution in [2.75, 3.05) is 0 Å². The van der Waals surface area contributed by atoms with Crippen LogP contribution in [0.5, 0.6) is 5.75 Å². The van der Waals surface area contributed by atoms with Crippen LogP contribution in [-0.2, 0) is 16.6 Å². The second kappa shape index (κ2) is 8.65. The van der Waals surface area contributed by atoms with Crippen molar-refractivity contribution in [3.63, 3.8) is 0 Å². The van der Waals surface area contributed by atoms with Crippen LogP contribution in [0.2, 0.25) is 0 Å². The van der Waals surface area contributed by atoms with Crippen molar-refractivity contribution in [2.24, 2.45) is 0 Å². The Kier molecular flexibility index (Phi) is 6.03. The van der Waals surface area contributed by atoms with Gasteiger partial charge in [0, 0.05) is 12.1 Å². The summed E-state index contributed by atoms with van der Waals surface area (Å²) in [5.41, 5.74) is 2.02. The quantitative estimate of drug-likeness (QED) is 0.473. The van der Waals surface area contributed by atoms with Crippen molar-refractivity contribution < 1.29 is 18.3 Å². The molecule has 0 heterocycles. The summed E-state index contributed by atoms with van der Waals surface area (Å²) < 4.78 is 27.3. The molecule has 0 saturated heterocycles. The number of ketones is 1. The standard InChI is InChI=1S/C22H19NO4S/c24-20-11-6-17(7-12-20)8-15-22(25)19-9-13-21(14-10-19)28(26,27)23-16-18-4-2-1-3-5-18/h1-15,23-24H,16H2/b15-8+. The summed E-state index contributed by atoms with van der Waals surface area (Å²) in [5, 5.41) is 9.26. The van der Waals surface area contributed by atoms with Gasteiger partial charge in [0.15, 0.2) is 5.78 Å². The van der Waals surface area contributed by atoms with Gasteiger partial charge in [-0.1, -0.05) is 48.5 Å². The van der Waals surface area contributed by atoms with Crippen molar-refractivity contribution in [3.05, 3.63) is 102 Å². The van der Waals surface area contributed by atoms with E-state index in [0.717, 1.165) is 11.1 Å². The largest absolute Gasteiger partial charge is 0.508 e. The molecule has 0 radical (unpaired) electrons. The predicted molar refractivity (Wildman–Crippen MR) is 108 cm³/mol. The molecule has 0 amide bonds. The number of nitrogens with one attached hydrogen (secondary N) is 1. The summed E-state index contributed by atoms with van der Waals surface area (Å²) in [6.45, 7) is 0.194. The van der Waals surface area contributed by atoms with Crippen LogP contribution in [0.1, 0.15) is 21.5 Å². The monoisotopic (exact) mass is 393 g/mol. The van der Waals surface area contributed by atoms with Crippen molar-refractivity contribution in [3.8, 4) is 5.75 Å². The van der Waals surface area contributed by atoms with Gasteiger partial charge in [-0.25, -0.2) is 13.1 Å². The van der Waals surface area contributed by atoms with Gasteiger partial charge in [0.1, 0.15) is 5.75 Å². The fourth-order valence-corrected chi connectivity index (χ4v) is 3.53. The summed E-state index contributed by atoms with van der Waals surface area (Å²) in [6.07, 6.45) is 3.04. The average Bonchev–Trinajstić information content (AvgIpc) is 2.72. The molecule has 3 aromatic carbocycles. The average molecular weight is 393 g/mol. The van der Waals surface area contributed by atoms with E-state index in [1.807, 2.05) is 30.3 Å². The fraction of sp³-hybridized carbons (Fsp3) is 0.0455. The van der Waals surface area contributed by atoms with Crippen molar-refractivity contribution in [1.29, 1.82) is 0 Å². The first kappa shape index (κ1) is 19.5. The van der Waals surface area contributed by atoms with Crippen LogP contribution in [0.25, 0.3) is 6.08 Å².